The van der Waals surface area contributed by atoms with Gasteiger partial charge in [-0.25, -0.2) is 0 Å². The van der Waals surface area contributed by atoms with Crippen LogP contribution in [-0.4, -0.2) is 30.3 Å². The second-order valence-electron chi connectivity index (χ2n) is 4.78. The molecule has 0 N–H and O–H groups in total. The number of alkyl halides is 1. The van der Waals surface area contributed by atoms with Crippen LogP contribution in [0.3, 0.4) is 0 Å². The molecule has 100 valence electrons. The number of carbonyl (C=O) groups excluding carboxylic acids is 1. The third-order valence-corrected chi connectivity index (χ3v) is 3.49. The minimum absolute atomic E-state index is 0.101. The molecule has 1 rings (SSSR count). The molecular weight excluding hydrogens is 246 g/mol. The van der Waals surface area contributed by atoms with Crippen molar-refractivity contribution in [3.8, 4) is 0 Å². The van der Waals surface area contributed by atoms with Crippen molar-refractivity contribution in [2.75, 3.05) is 19.5 Å². The van der Waals surface area contributed by atoms with Gasteiger partial charge >= 0.3 is 0 Å². The van der Waals surface area contributed by atoms with Crippen LogP contribution in [-0.2, 0) is 0 Å². The highest BCUT2D eigenvalue weighted by Gasteiger charge is 2.11. The number of unbranched alkanes of at least 4 members (excludes halogenated alkanes) is 2. The van der Waals surface area contributed by atoms with Crippen LogP contribution < -0.4 is 0 Å². The maximum absolute atomic E-state index is 12.2. The molecule has 2 nitrogen and oxygen atoms in total. The van der Waals surface area contributed by atoms with Gasteiger partial charge in [0.15, 0.2) is 0 Å². The van der Waals surface area contributed by atoms with Crippen LogP contribution in [0.5, 0.6) is 0 Å². The molecule has 0 aromatic heterocycles. The summed E-state index contributed by atoms with van der Waals surface area (Å²) >= 11 is 5.63. The van der Waals surface area contributed by atoms with E-state index in [9.17, 15) is 4.79 Å². The first-order valence-electron chi connectivity index (χ1n) is 6.45. The highest BCUT2D eigenvalue weighted by atomic mass is 35.5. The van der Waals surface area contributed by atoms with E-state index >= 15 is 0 Å². The van der Waals surface area contributed by atoms with Gasteiger partial charge in [-0.3, -0.25) is 4.79 Å². The maximum atomic E-state index is 12.2. The van der Waals surface area contributed by atoms with E-state index in [-0.39, 0.29) is 5.91 Å². The zero-order chi connectivity index (χ0) is 13.5. The first kappa shape index (κ1) is 15.0. The summed E-state index contributed by atoms with van der Waals surface area (Å²) < 4.78 is 0. The maximum Gasteiger partial charge on any atom is 0.253 e. The number of hydrogen-bond acceptors (Lipinski definition) is 1. The second kappa shape index (κ2) is 7.42. The van der Waals surface area contributed by atoms with Crippen molar-refractivity contribution in [3.05, 3.63) is 34.9 Å². The van der Waals surface area contributed by atoms with Crippen LogP contribution in [0.15, 0.2) is 18.2 Å². The molecule has 1 aromatic rings. The average Bonchev–Trinajstić information content (AvgIpc) is 2.37. The molecule has 0 saturated carbocycles. The van der Waals surface area contributed by atoms with E-state index in [4.69, 9.17) is 11.6 Å². The van der Waals surface area contributed by atoms with Crippen molar-refractivity contribution in [1.29, 1.82) is 0 Å². The van der Waals surface area contributed by atoms with Crippen molar-refractivity contribution in [2.45, 2.75) is 33.1 Å². The molecule has 0 fully saturated rings. The minimum Gasteiger partial charge on any atom is -0.342 e. The van der Waals surface area contributed by atoms with Gasteiger partial charge in [0.05, 0.1) is 0 Å². The number of benzene rings is 1. The second-order valence-corrected chi connectivity index (χ2v) is 5.15. The molecule has 0 aliphatic carbocycles. The third-order valence-electron chi connectivity index (χ3n) is 3.23. The van der Waals surface area contributed by atoms with E-state index in [0.29, 0.717) is 5.88 Å². The number of halogens is 1. The third kappa shape index (κ3) is 4.34. The van der Waals surface area contributed by atoms with Crippen molar-refractivity contribution in [1.82, 2.24) is 4.90 Å². The summed E-state index contributed by atoms with van der Waals surface area (Å²) in [7, 11) is 1.86. The predicted molar refractivity (Wildman–Crippen MR) is 77.4 cm³/mol. The molecular formula is C15H22ClNO. The molecule has 0 unspecified atom stereocenters. The lowest BCUT2D eigenvalue weighted by molar-refractivity contribution is 0.0792. The fourth-order valence-corrected chi connectivity index (χ4v) is 2.01. The van der Waals surface area contributed by atoms with Crippen molar-refractivity contribution < 1.29 is 4.79 Å². The summed E-state index contributed by atoms with van der Waals surface area (Å²) in [5.74, 6) is 0.804. The van der Waals surface area contributed by atoms with Gasteiger partial charge in [-0.05, 0) is 49.9 Å². The van der Waals surface area contributed by atoms with Gasteiger partial charge in [-0.1, -0.05) is 12.5 Å². The van der Waals surface area contributed by atoms with E-state index in [1.165, 1.54) is 5.56 Å². The monoisotopic (exact) mass is 267 g/mol. The molecule has 0 bridgehead atoms. The molecule has 3 heteroatoms. The summed E-state index contributed by atoms with van der Waals surface area (Å²) in [5, 5.41) is 0. The highest BCUT2D eigenvalue weighted by Crippen LogP contribution is 2.12. The Morgan fingerprint density at radius 2 is 1.89 bits per heavy atom. The van der Waals surface area contributed by atoms with E-state index < -0.39 is 0 Å². The Morgan fingerprint density at radius 3 is 2.50 bits per heavy atom. The Morgan fingerprint density at radius 1 is 1.17 bits per heavy atom. The van der Waals surface area contributed by atoms with E-state index in [1.54, 1.807) is 4.90 Å². The van der Waals surface area contributed by atoms with Crippen LogP contribution in [0.2, 0.25) is 0 Å². The first-order chi connectivity index (χ1) is 8.56. The Balaban J connectivity index is 2.54. The Hall–Kier alpha value is -1.02. The van der Waals surface area contributed by atoms with Gasteiger partial charge in [-0.15, -0.1) is 11.6 Å². The number of aryl methyl sites for hydroxylation is 2. The Bertz CT molecular complexity index is 403. The zero-order valence-corrected chi connectivity index (χ0v) is 12.3. The van der Waals surface area contributed by atoms with Gasteiger partial charge in [0.2, 0.25) is 0 Å². The fourth-order valence-electron chi connectivity index (χ4n) is 1.82. The standard InChI is InChI=1S/C15H22ClNO/c1-12-7-8-14(11-13(12)2)15(18)17(3)10-6-4-5-9-16/h7-8,11H,4-6,9-10H2,1-3H3. The lowest BCUT2D eigenvalue weighted by Gasteiger charge is -2.17. The molecule has 1 amide bonds. The topological polar surface area (TPSA) is 20.3 Å². The molecule has 0 aliphatic rings. The molecule has 0 atom stereocenters. The Labute approximate surface area is 115 Å². The van der Waals surface area contributed by atoms with Crippen LogP contribution in [0.1, 0.15) is 40.7 Å². The minimum atomic E-state index is 0.101. The smallest absolute Gasteiger partial charge is 0.253 e. The van der Waals surface area contributed by atoms with Crippen molar-refractivity contribution >= 4 is 17.5 Å². The molecule has 0 saturated heterocycles. The summed E-state index contributed by atoms with van der Waals surface area (Å²) in [6.45, 7) is 4.88. The van der Waals surface area contributed by atoms with Crippen molar-refractivity contribution in [3.63, 3.8) is 0 Å². The van der Waals surface area contributed by atoms with Crippen LogP contribution >= 0.6 is 11.6 Å². The quantitative estimate of drug-likeness (QED) is 0.567. The number of amides is 1. The molecule has 0 radical (unpaired) electrons. The van der Waals surface area contributed by atoms with Crippen LogP contribution in [0.25, 0.3) is 0 Å². The highest BCUT2D eigenvalue weighted by molar-refractivity contribution is 6.17. The molecule has 18 heavy (non-hydrogen) atoms. The lowest BCUT2D eigenvalue weighted by Crippen LogP contribution is -2.27. The van der Waals surface area contributed by atoms with Gasteiger partial charge in [0.1, 0.15) is 0 Å². The SMILES string of the molecule is Cc1ccc(C(=O)N(C)CCCCCCl)cc1C. The van der Waals surface area contributed by atoms with Crippen molar-refractivity contribution in [2.24, 2.45) is 0 Å². The largest absolute Gasteiger partial charge is 0.342 e. The number of carbonyl (C=O) groups is 1. The van der Waals surface area contributed by atoms with Gasteiger partial charge in [0.25, 0.3) is 5.91 Å². The van der Waals surface area contributed by atoms with E-state index in [2.05, 4.69) is 6.92 Å². The number of hydrogen-bond donors (Lipinski definition) is 0. The summed E-state index contributed by atoms with van der Waals surface area (Å²) in [6.07, 6.45) is 3.11. The number of nitrogens with zero attached hydrogens (tertiary/aromatic N) is 1. The van der Waals surface area contributed by atoms with Gasteiger partial charge in [-0.2, -0.15) is 0 Å². The number of rotatable bonds is 6. The zero-order valence-electron chi connectivity index (χ0n) is 11.5. The van der Waals surface area contributed by atoms with Gasteiger partial charge in [0, 0.05) is 25.0 Å². The summed E-state index contributed by atoms with van der Waals surface area (Å²) in [6, 6.07) is 5.87. The normalized spacial score (nSPS) is 10.4. The fraction of sp³-hybridized carbons (Fsp3) is 0.533. The predicted octanol–water partition coefficient (Wildman–Crippen LogP) is 3.78. The molecule has 0 heterocycles. The summed E-state index contributed by atoms with van der Waals surface area (Å²) in [5.41, 5.74) is 3.16. The average molecular weight is 268 g/mol. The summed E-state index contributed by atoms with van der Waals surface area (Å²) in [4.78, 5) is 14.0. The van der Waals surface area contributed by atoms with E-state index in [1.807, 2.05) is 32.2 Å². The van der Waals surface area contributed by atoms with Crippen LogP contribution in [0.4, 0.5) is 0 Å². The molecule has 0 spiro atoms. The lowest BCUT2D eigenvalue weighted by atomic mass is 10.1. The van der Waals surface area contributed by atoms with E-state index in [0.717, 1.165) is 36.9 Å². The molecule has 1 aromatic carbocycles. The van der Waals surface area contributed by atoms with Crippen LogP contribution in [0, 0.1) is 13.8 Å². The van der Waals surface area contributed by atoms with Gasteiger partial charge < -0.3 is 4.90 Å². The first-order valence-corrected chi connectivity index (χ1v) is 6.98. The Kier molecular flexibility index (Phi) is 6.20. The molecule has 0 aliphatic heterocycles.